The second-order valence-electron chi connectivity index (χ2n) is 5.53. The first-order chi connectivity index (χ1) is 9.41. The van der Waals surface area contributed by atoms with Crippen LogP contribution in [0.25, 0.3) is 0 Å². The Kier molecular flexibility index (Phi) is 3.16. The molecule has 0 aromatic rings. The first-order valence-corrected chi connectivity index (χ1v) is 6.41. The highest BCUT2D eigenvalue weighted by Crippen LogP contribution is 2.41. The number of nitrogens with zero attached hydrogens (tertiary/aromatic N) is 2. The lowest BCUT2D eigenvalue weighted by Crippen LogP contribution is -2.48. The van der Waals surface area contributed by atoms with Gasteiger partial charge in [-0.05, 0) is 13.8 Å². The van der Waals surface area contributed by atoms with E-state index in [2.05, 4.69) is 10.6 Å². The molecular formula is C11H17N3O6. The average Bonchev–Trinajstić information content (AvgIpc) is 2.98. The highest BCUT2D eigenvalue weighted by molar-refractivity contribution is 5.73. The topological polar surface area (TPSA) is 98.7 Å². The fourth-order valence-corrected chi connectivity index (χ4v) is 2.74. The van der Waals surface area contributed by atoms with Crippen molar-refractivity contribution in [3.8, 4) is 0 Å². The molecule has 0 spiro atoms. The summed E-state index contributed by atoms with van der Waals surface area (Å²) >= 11 is 0. The molecule has 0 bridgehead atoms. The van der Waals surface area contributed by atoms with Crippen molar-refractivity contribution in [1.29, 1.82) is 0 Å². The number of hydrogen-bond donors (Lipinski definition) is 1. The van der Waals surface area contributed by atoms with Gasteiger partial charge in [-0.15, -0.1) is 4.91 Å². The van der Waals surface area contributed by atoms with Crippen LogP contribution in [0.15, 0.2) is 5.29 Å². The molecule has 3 aliphatic heterocycles. The highest BCUT2D eigenvalue weighted by atomic mass is 16.8. The summed E-state index contributed by atoms with van der Waals surface area (Å²) in [7, 11) is 1.27. The molecule has 20 heavy (non-hydrogen) atoms. The van der Waals surface area contributed by atoms with Crippen LogP contribution in [-0.4, -0.2) is 61.1 Å². The van der Waals surface area contributed by atoms with Gasteiger partial charge in [0, 0.05) is 7.05 Å². The number of rotatable bonds is 2. The smallest absolute Gasteiger partial charge is 0.340 e. The second kappa shape index (κ2) is 4.62. The lowest BCUT2D eigenvalue weighted by molar-refractivity contribution is -0.210. The molecule has 0 aliphatic carbocycles. The minimum Gasteiger partial charge on any atom is -0.370 e. The molecule has 0 aromatic carbocycles. The van der Waals surface area contributed by atoms with E-state index < -0.39 is 18.1 Å². The molecule has 9 heteroatoms. The Morgan fingerprint density at radius 3 is 2.75 bits per heavy atom. The van der Waals surface area contributed by atoms with Crippen LogP contribution in [-0.2, 0) is 18.9 Å². The minimum atomic E-state index is -0.702. The predicted molar refractivity (Wildman–Crippen MR) is 64.3 cm³/mol. The quantitative estimate of drug-likeness (QED) is 0.565. The van der Waals surface area contributed by atoms with Crippen molar-refractivity contribution in [3.63, 3.8) is 0 Å². The maximum Gasteiger partial charge on any atom is 0.340 e. The Hall–Kier alpha value is -1.29. The Morgan fingerprint density at radius 2 is 2.05 bits per heavy atom. The zero-order valence-electron chi connectivity index (χ0n) is 11.4. The number of carbonyl (C=O) groups is 1. The summed E-state index contributed by atoms with van der Waals surface area (Å²) < 4.78 is 22.8. The van der Waals surface area contributed by atoms with Crippen LogP contribution < -0.4 is 5.32 Å². The summed E-state index contributed by atoms with van der Waals surface area (Å²) in [5, 5.41) is 5.86. The Balaban J connectivity index is 1.64. The van der Waals surface area contributed by atoms with Gasteiger partial charge in [0.05, 0.1) is 17.9 Å². The third kappa shape index (κ3) is 2.16. The molecule has 3 heterocycles. The van der Waals surface area contributed by atoms with Crippen molar-refractivity contribution in [2.24, 2.45) is 5.29 Å². The monoisotopic (exact) mass is 287 g/mol. The van der Waals surface area contributed by atoms with Crippen LogP contribution in [0.3, 0.4) is 0 Å². The Bertz CT molecular complexity index is 430. The fraction of sp³-hybridized carbons (Fsp3) is 0.909. The summed E-state index contributed by atoms with van der Waals surface area (Å²) in [6.45, 7) is 3.91. The molecule has 2 amide bonds. The van der Waals surface area contributed by atoms with Crippen molar-refractivity contribution in [2.75, 3.05) is 13.7 Å². The number of nitroso groups, excluding NO2 is 1. The molecule has 3 fully saturated rings. The molecule has 3 rings (SSSR count). The van der Waals surface area contributed by atoms with Crippen LogP contribution in [0.4, 0.5) is 4.79 Å². The molecule has 3 saturated heterocycles. The summed E-state index contributed by atoms with van der Waals surface area (Å²) in [6, 6.07) is -0.963. The summed E-state index contributed by atoms with van der Waals surface area (Å²) in [6.07, 6.45) is -1.45. The third-order valence-electron chi connectivity index (χ3n) is 3.62. The first kappa shape index (κ1) is 13.7. The Labute approximate surface area is 115 Å². The maximum absolute atomic E-state index is 11.6. The van der Waals surface area contributed by atoms with E-state index in [4.69, 9.17) is 18.9 Å². The van der Waals surface area contributed by atoms with E-state index in [9.17, 15) is 9.70 Å². The predicted octanol–water partition coefficient (Wildman–Crippen LogP) is -0.0470. The lowest BCUT2D eigenvalue weighted by atomic mass is 10.1. The van der Waals surface area contributed by atoms with Gasteiger partial charge in [0.25, 0.3) is 0 Å². The van der Waals surface area contributed by atoms with Gasteiger partial charge in [-0.1, -0.05) is 0 Å². The van der Waals surface area contributed by atoms with E-state index in [0.29, 0.717) is 11.6 Å². The van der Waals surface area contributed by atoms with Crippen molar-refractivity contribution >= 4 is 6.03 Å². The number of fused-ring (bicyclic) bond motifs is 3. The molecular weight excluding hydrogens is 270 g/mol. The van der Waals surface area contributed by atoms with Crippen molar-refractivity contribution in [3.05, 3.63) is 4.91 Å². The SMILES string of the molecule is CN(N=O)C(=O)NC1COC2C1OC1OC(C)(C)OC12. The van der Waals surface area contributed by atoms with Crippen LogP contribution in [0, 0.1) is 4.91 Å². The van der Waals surface area contributed by atoms with Crippen LogP contribution >= 0.6 is 0 Å². The first-order valence-electron chi connectivity index (χ1n) is 6.41. The van der Waals surface area contributed by atoms with Gasteiger partial charge >= 0.3 is 6.03 Å². The number of urea groups is 1. The third-order valence-corrected chi connectivity index (χ3v) is 3.62. The zero-order chi connectivity index (χ0) is 14.5. The normalized spacial score (nSPS) is 41.0. The highest BCUT2D eigenvalue weighted by Gasteiger charge is 2.60. The standard InChI is InChI=1S/C11H17N3O6/c1-11(2)19-8-7-6(18-9(8)20-11)5(4-17-7)12-10(15)14(3)13-16/h5-9H,4H2,1-3H3,(H,12,15). The molecule has 0 radical (unpaired) electrons. The van der Waals surface area contributed by atoms with Gasteiger partial charge in [-0.25, -0.2) is 4.79 Å². The molecule has 5 unspecified atom stereocenters. The molecule has 112 valence electrons. The van der Waals surface area contributed by atoms with Crippen LogP contribution in [0.1, 0.15) is 13.8 Å². The Morgan fingerprint density at radius 1 is 1.30 bits per heavy atom. The molecule has 0 aromatic heterocycles. The van der Waals surface area contributed by atoms with Gasteiger partial charge in [0.2, 0.25) is 0 Å². The van der Waals surface area contributed by atoms with E-state index in [1.54, 1.807) is 0 Å². The van der Waals surface area contributed by atoms with Crippen LogP contribution in [0.2, 0.25) is 0 Å². The van der Waals surface area contributed by atoms with Crippen molar-refractivity contribution in [1.82, 2.24) is 10.3 Å². The molecule has 0 saturated carbocycles. The fourth-order valence-electron chi connectivity index (χ4n) is 2.74. The van der Waals surface area contributed by atoms with E-state index in [1.807, 2.05) is 13.8 Å². The molecule has 1 N–H and O–H groups in total. The molecule has 5 atom stereocenters. The molecule has 3 aliphatic rings. The zero-order valence-corrected chi connectivity index (χ0v) is 11.4. The number of nitrogens with one attached hydrogen (secondary N) is 1. The number of amides is 2. The van der Waals surface area contributed by atoms with Crippen molar-refractivity contribution in [2.45, 2.75) is 50.3 Å². The average molecular weight is 287 g/mol. The van der Waals surface area contributed by atoms with Crippen LogP contribution in [0.5, 0.6) is 0 Å². The van der Waals surface area contributed by atoms with Gasteiger partial charge in [0.1, 0.15) is 18.3 Å². The maximum atomic E-state index is 11.6. The van der Waals surface area contributed by atoms with E-state index in [-0.39, 0.29) is 24.4 Å². The van der Waals surface area contributed by atoms with Gasteiger partial charge in [-0.3, -0.25) is 0 Å². The van der Waals surface area contributed by atoms with E-state index in [1.165, 1.54) is 7.05 Å². The number of ether oxygens (including phenoxy) is 4. The van der Waals surface area contributed by atoms with Gasteiger partial charge in [-0.2, -0.15) is 5.01 Å². The summed E-state index contributed by atoms with van der Waals surface area (Å²) in [5.41, 5.74) is 0. The second-order valence-corrected chi connectivity index (χ2v) is 5.53. The largest absolute Gasteiger partial charge is 0.370 e. The van der Waals surface area contributed by atoms with E-state index in [0.717, 1.165) is 0 Å². The number of carbonyl (C=O) groups excluding carboxylic acids is 1. The number of hydrogen-bond acceptors (Lipinski definition) is 7. The van der Waals surface area contributed by atoms with Gasteiger partial charge in [0.15, 0.2) is 12.1 Å². The van der Waals surface area contributed by atoms with Crippen molar-refractivity contribution < 1.29 is 23.7 Å². The lowest BCUT2D eigenvalue weighted by Gasteiger charge is -2.23. The van der Waals surface area contributed by atoms with Gasteiger partial charge < -0.3 is 24.3 Å². The summed E-state index contributed by atoms with van der Waals surface area (Å²) in [5.74, 6) is -0.702. The summed E-state index contributed by atoms with van der Waals surface area (Å²) in [4.78, 5) is 21.9. The minimum absolute atomic E-state index is 0.290. The van der Waals surface area contributed by atoms with E-state index >= 15 is 0 Å². The molecule has 9 nitrogen and oxygen atoms in total.